The van der Waals surface area contributed by atoms with Crippen molar-refractivity contribution in [2.45, 2.75) is 25.4 Å². The molecule has 6 bridgehead atoms. The molecule has 0 N–H and O–H groups in total. The smallest absolute Gasteiger partial charge is 0.241 e. The van der Waals surface area contributed by atoms with E-state index in [1.807, 2.05) is 53.4 Å². The number of hydrogen-bond acceptors (Lipinski definition) is 5. The second-order valence-electron chi connectivity index (χ2n) is 9.25. The van der Waals surface area contributed by atoms with E-state index in [1.165, 1.54) is 6.42 Å². The quantitative estimate of drug-likeness (QED) is 0.528. The summed E-state index contributed by atoms with van der Waals surface area (Å²) < 4.78 is 6.27. The first-order valence-corrected chi connectivity index (χ1v) is 11.7. The zero-order valence-corrected chi connectivity index (χ0v) is 18.5. The van der Waals surface area contributed by atoms with Crippen LogP contribution in [0.1, 0.15) is 24.0 Å². The lowest BCUT2D eigenvalue weighted by Gasteiger charge is -2.37. The Kier molecular flexibility index (Phi) is 5.01. The molecular formula is C27H26N4O2. The molecule has 2 fully saturated rings. The van der Waals surface area contributed by atoms with Crippen LogP contribution in [0.2, 0.25) is 0 Å². The molecule has 2 saturated heterocycles. The van der Waals surface area contributed by atoms with Crippen molar-refractivity contribution in [2.24, 2.45) is 0 Å². The molecule has 0 saturated carbocycles. The minimum absolute atomic E-state index is 0.147. The summed E-state index contributed by atoms with van der Waals surface area (Å²) in [5, 5.41) is 11.7. The lowest BCUT2D eigenvalue weighted by molar-refractivity contribution is -0.121. The zero-order chi connectivity index (χ0) is 22.4. The molecule has 3 aromatic carbocycles. The van der Waals surface area contributed by atoms with Crippen LogP contribution in [0.15, 0.2) is 54.6 Å². The number of nitrogens with zero attached hydrogens (tertiary/aromatic N) is 4. The Bertz CT molecular complexity index is 1280. The average molecular weight is 439 g/mol. The minimum Gasteiger partial charge on any atom is -0.456 e. The summed E-state index contributed by atoms with van der Waals surface area (Å²) in [6.45, 7) is 4.81. The van der Waals surface area contributed by atoms with Gasteiger partial charge in [0.15, 0.2) is 0 Å². The van der Waals surface area contributed by atoms with Crippen LogP contribution < -0.4 is 9.64 Å². The highest BCUT2D eigenvalue weighted by Crippen LogP contribution is 2.35. The fourth-order valence-corrected chi connectivity index (χ4v) is 5.48. The van der Waals surface area contributed by atoms with Gasteiger partial charge in [0.05, 0.1) is 17.8 Å². The summed E-state index contributed by atoms with van der Waals surface area (Å²) in [6, 6.07) is 20.6. The highest BCUT2D eigenvalue weighted by Gasteiger charge is 2.31. The molecule has 3 aromatic rings. The normalized spacial score (nSPS) is 22.9. The van der Waals surface area contributed by atoms with E-state index in [0.29, 0.717) is 36.2 Å². The third kappa shape index (κ3) is 3.74. The number of fused-ring (bicyclic) bond motifs is 2. The fraction of sp³-hybridized carbons (Fsp3) is 0.333. The van der Waals surface area contributed by atoms with Gasteiger partial charge in [0.25, 0.3) is 0 Å². The van der Waals surface area contributed by atoms with Crippen molar-refractivity contribution in [3.8, 4) is 17.6 Å². The van der Waals surface area contributed by atoms with Crippen molar-refractivity contribution >= 4 is 22.4 Å². The number of ether oxygens (including phenoxy) is 1. The molecular weight excluding hydrogens is 412 g/mol. The van der Waals surface area contributed by atoms with Crippen LogP contribution in [0.4, 0.5) is 5.69 Å². The highest BCUT2D eigenvalue weighted by molar-refractivity contribution is 6.05. The maximum absolute atomic E-state index is 13.2. The number of piperazine rings is 1. The van der Waals surface area contributed by atoms with E-state index < -0.39 is 0 Å². The number of anilines is 1. The highest BCUT2D eigenvalue weighted by atomic mass is 16.5. The van der Waals surface area contributed by atoms with Crippen LogP contribution in [0.5, 0.6) is 11.5 Å². The van der Waals surface area contributed by atoms with E-state index in [9.17, 15) is 10.1 Å². The van der Waals surface area contributed by atoms with Crippen molar-refractivity contribution in [3.05, 3.63) is 65.7 Å². The maximum Gasteiger partial charge on any atom is 0.241 e. The molecule has 0 aliphatic carbocycles. The van der Waals surface area contributed by atoms with E-state index in [4.69, 9.17) is 4.74 Å². The average Bonchev–Trinajstić information content (AvgIpc) is 3.25. The number of rotatable bonds is 0. The number of carbonyl (C=O) groups excluding carboxylic acids is 1. The van der Waals surface area contributed by atoms with Crippen LogP contribution in [-0.4, -0.2) is 54.5 Å². The van der Waals surface area contributed by atoms with Crippen molar-refractivity contribution in [1.82, 2.24) is 9.80 Å². The Morgan fingerprint density at radius 2 is 1.94 bits per heavy atom. The van der Waals surface area contributed by atoms with Crippen molar-refractivity contribution in [2.75, 3.05) is 37.6 Å². The Morgan fingerprint density at radius 1 is 1.00 bits per heavy atom. The number of benzene rings is 3. The lowest BCUT2D eigenvalue weighted by atomic mass is 10.1. The number of carbonyl (C=O) groups is 1. The van der Waals surface area contributed by atoms with Gasteiger partial charge in [-0.1, -0.05) is 24.3 Å². The van der Waals surface area contributed by atoms with E-state index in [-0.39, 0.29) is 5.91 Å². The topological polar surface area (TPSA) is 59.8 Å². The largest absolute Gasteiger partial charge is 0.456 e. The predicted molar refractivity (Wildman–Crippen MR) is 127 cm³/mol. The first-order valence-electron chi connectivity index (χ1n) is 11.7. The summed E-state index contributed by atoms with van der Waals surface area (Å²) >= 11 is 0. The van der Waals surface area contributed by atoms with Gasteiger partial charge in [-0.3, -0.25) is 14.6 Å². The first-order chi connectivity index (χ1) is 16.2. The molecule has 0 spiro atoms. The van der Waals surface area contributed by atoms with Crippen LogP contribution in [-0.2, 0) is 11.3 Å². The van der Waals surface area contributed by atoms with Crippen molar-refractivity contribution < 1.29 is 9.53 Å². The maximum atomic E-state index is 13.2. The van der Waals surface area contributed by atoms with E-state index in [2.05, 4.69) is 21.9 Å². The number of amides is 1. The number of hydrogen-bond donors (Lipinski definition) is 0. The Balaban J connectivity index is 1.48. The van der Waals surface area contributed by atoms with Gasteiger partial charge in [-0.25, -0.2) is 0 Å². The molecule has 33 heavy (non-hydrogen) atoms. The lowest BCUT2D eigenvalue weighted by Crippen LogP contribution is -2.53. The van der Waals surface area contributed by atoms with Crippen molar-refractivity contribution in [1.29, 1.82) is 5.26 Å². The molecule has 4 heterocycles. The van der Waals surface area contributed by atoms with Gasteiger partial charge in [-0.05, 0) is 60.7 Å². The molecule has 4 aliphatic rings. The van der Waals surface area contributed by atoms with Gasteiger partial charge in [-0.2, -0.15) is 5.26 Å². The second-order valence-corrected chi connectivity index (χ2v) is 9.25. The van der Waals surface area contributed by atoms with E-state index in [1.54, 1.807) is 0 Å². The standard InChI is InChI=1S/C27H26N4O2/c28-15-21-7-6-19-13-26(21)33-23-9-8-20-3-1-5-25(24(20)14-23)31-12-11-29(18-27(31)32)17-22-4-2-10-30(22)16-19/h1,3,5-9,13-14,22H,2,4,10-12,16-18H2. The summed E-state index contributed by atoms with van der Waals surface area (Å²) in [5.41, 5.74) is 2.59. The summed E-state index contributed by atoms with van der Waals surface area (Å²) in [7, 11) is 0. The van der Waals surface area contributed by atoms with Gasteiger partial charge in [0, 0.05) is 37.6 Å². The van der Waals surface area contributed by atoms with Crippen LogP contribution in [0.3, 0.4) is 0 Å². The second kappa shape index (κ2) is 8.18. The monoisotopic (exact) mass is 438 g/mol. The molecule has 2 unspecified atom stereocenters. The Hall–Kier alpha value is -3.40. The van der Waals surface area contributed by atoms with Crippen LogP contribution >= 0.6 is 0 Å². The molecule has 1 amide bonds. The first kappa shape index (κ1) is 20.2. The minimum atomic E-state index is 0.147. The predicted octanol–water partition coefficient (Wildman–Crippen LogP) is 4.13. The molecule has 2 atom stereocenters. The van der Waals surface area contributed by atoms with Gasteiger partial charge in [-0.15, -0.1) is 0 Å². The van der Waals surface area contributed by atoms with Gasteiger partial charge >= 0.3 is 0 Å². The fourth-order valence-electron chi connectivity index (χ4n) is 5.48. The van der Waals surface area contributed by atoms with Gasteiger partial charge in [0.2, 0.25) is 5.91 Å². The van der Waals surface area contributed by atoms with Crippen molar-refractivity contribution in [3.63, 3.8) is 0 Å². The molecule has 6 nitrogen and oxygen atoms in total. The van der Waals surface area contributed by atoms with E-state index in [0.717, 1.165) is 54.6 Å². The molecule has 7 rings (SSSR count). The Morgan fingerprint density at radius 3 is 2.82 bits per heavy atom. The summed E-state index contributed by atoms with van der Waals surface area (Å²) in [6.07, 6.45) is 2.32. The molecule has 166 valence electrons. The SMILES string of the molecule is N#Cc1ccc2cc1Oc1ccc3cccc(c3c1)N1CCN(CC1=O)CC1CCCN1C2. The van der Waals surface area contributed by atoms with Gasteiger partial charge < -0.3 is 9.64 Å². The Labute approximate surface area is 193 Å². The zero-order valence-electron chi connectivity index (χ0n) is 18.5. The van der Waals surface area contributed by atoms with Crippen LogP contribution in [0, 0.1) is 11.3 Å². The van der Waals surface area contributed by atoms with E-state index >= 15 is 0 Å². The number of nitriles is 1. The summed E-state index contributed by atoms with van der Waals surface area (Å²) in [5.74, 6) is 1.39. The summed E-state index contributed by atoms with van der Waals surface area (Å²) in [4.78, 5) is 20.0. The third-order valence-electron chi connectivity index (χ3n) is 7.17. The third-order valence-corrected chi connectivity index (χ3v) is 7.17. The molecule has 6 heteroatoms. The molecule has 4 aliphatic heterocycles. The molecule has 0 radical (unpaired) electrons. The van der Waals surface area contributed by atoms with Crippen LogP contribution in [0.25, 0.3) is 10.8 Å². The van der Waals surface area contributed by atoms with Gasteiger partial charge in [0.1, 0.15) is 17.6 Å². The molecule has 0 aromatic heterocycles.